The van der Waals surface area contributed by atoms with E-state index in [0.29, 0.717) is 11.6 Å². The molecule has 30 heavy (non-hydrogen) atoms. The molecule has 0 aliphatic carbocycles. The maximum absolute atomic E-state index is 12.6. The molecule has 4 rings (SSSR count). The van der Waals surface area contributed by atoms with Crippen LogP contribution in [0.25, 0.3) is 11.0 Å². The topological polar surface area (TPSA) is 53.4 Å². The van der Waals surface area contributed by atoms with E-state index in [1.807, 2.05) is 30.3 Å². The summed E-state index contributed by atoms with van der Waals surface area (Å²) in [6.07, 6.45) is 0. The Labute approximate surface area is 186 Å². The van der Waals surface area contributed by atoms with Crippen LogP contribution >= 0.6 is 15.9 Å². The minimum atomic E-state index is -0.128. The number of likely N-dealkylation sites (N-methyl/N-ethyl adjacent to an activating group) is 1. The summed E-state index contributed by atoms with van der Waals surface area (Å²) in [5.41, 5.74) is 3.40. The second kappa shape index (κ2) is 8.88. The molecular weight excluding hydrogens is 442 g/mol. The molecule has 3 aromatic rings. The number of fused-ring (bicyclic) bond motifs is 1. The lowest BCUT2D eigenvalue weighted by atomic mass is 10.2. The minimum absolute atomic E-state index is 0.128. The molecule has 0 atom stereocenters. The molecule has 2 heterocycles. The van der Waals surface area contributed by atoms with Crippen molar-refractivity contribution in [2.45, 2.75) is 26.4 Å². The van der Waals surface area contributed by atoms with Gasteiger partial charge in [-0.15, -0.1) is 0 Å². The summed E-state index contributed by atoms with van der Waals surface area (Å²) in [5, 5.41) is 3.00. The average molecular weight is 470 g/mol. The second-order valence-electron chi connectivity index (χ2n) is 8.24. The Morgan fingerprint density at radius 1 is 1.13 bits per heavy atom. The molecule has 158 valence electrons. The first-order chi connectivity index (χ1) is 14.4. The standard InChI is InChI=1S/C23H28BrN5O/c1-16(2)29-21-8-7-19(25-23(30)17-5-4-6-18(24)13-17)14-20(21)26-22(29)15-28-11-9-27(3)10-12-28/h4-8,13-14,16H,9-12,15H2,1-3H3,(H,25,30). The van der Waals surface area contributed by atoms with Crippen LogP contribution in [0.3, 0.4) is 0 Å². The van der Waals surface area contributed by atoms with Crippen LogP contribution in [0.15, 0.2) is 46.9 Å². The van der Waals surface area contributed by atoms with Crippen molar-refractivity contribution in [1.82, 2.24) is 19.4 Å². The number of piperazine rings is 1. The fourth-order valence-electron chi connectivity index (χ4n) is 3.95. The molecule has 6 nitrogen and oxygen atoms in total. The summed E-state index contributed by atoms with van der Waals surface area (Å²) in [7, 11) is 2.17. The molecule has 1 fully saturated rings. The van der Waals surface area contributed by atoms with Crippen molar-refractivity contribution in [3.8, 4) is 0 Å². The molecule has 1 saturated heterocycles. The maximum atomic E-state index is 12.6. The van der Waals surface area contributed by atoms with E-state index in [9.17, 15) is 4.79 Å². The van der Waals surface area contributed by atoms with Crippen molar-refractivity contribution < 1.29 is 4.79 Å². The van der Waals surface area contributed by atoms with Gasteiger partial charge in [0.05, 0.1) is 17.6 Å². The molecule has 0 radical (unpaired) electrons. The number of rotatable bonds is 5. The molecule has 1 N–H and O–H groups in total. The van der Waals surface area contributed by atoms with E-state index in [2.05, 4.69) is 62.6 Å². The van der Waals surface area contributed by atoms with E-state index in [1.54, 1.807) is 6.07 Å². The number of benzene rings is 2. The average Bonchev–Trinajstić information content (AvgIpc) is 3.07. The van der Waals surface area contributed by atoms with Crippen molar-refractivity contribution in [3.05, 3.63) is 58.3 Å². The molecular formula is C23H28BrN5O. The maximum Gasteiger partial charge on any atom is 0.255 e. The predicted octanol–water partition coefficient (Wildman–Crippen LogP) is 4.38. The van der Waals surface area contributed by atoms with Crippen LogP contribution in [0.1, 0.15) is 36.1 Å². The molecule has 0 unspecified atom stereocenters. The number of carbonyl (C=O) groups excluding carboxylic acids is 1. The summed E-state index contributed by atoms with van der Waals surface area (Å²) in [6, 6.07) is 13.7. The highest BCUT2D eigenvalue weighted by molar-refractivity contribution is 9.10. The number of halogens is 1. The minimum Gasteiger partial charge on any atom is -0.324 e. The molecule has 2 aromatic carbocycles. The Bertz CT molecular complexity index is 1050. The van der Waals surface area contributed by atoms with Crippen LogP contribution in [0.4, 0.5) is 5.69 Å². The van der Waals surface area contributed by atoms with Gasteiger partial charge in [0.2, 0.25) is 0 Å². The third kappa shape index (κ3) is 4.58. The van der Waals surface area contributed by atoms with Crippen LogP contribution < -0.4 is 5.32 Å². The van der Waals surface area contributed by atoms with Gasteiger partial charge >= 0.3 is 0 Å². The number of nitrogens with one attached hydrogen (secondary N) is 1. The van der Waals surface area contributed by atoms with Crippen LogP contribution in [0.2, 0.25) is 0 Å². The number of anilines is 1. The lowest BCUT2D eigenvalue weighted by Crippen LogP contribution is -2.44. The molecule has 1 aromatic heterocycles. The van der Waals surface area contributed by atoms with Gasteiger partial charge in [-0.05, 0) is 57.3 Å². The number of hydrogen-bond acceptors (Lipinski definition) is 4. The van der Waals surface area contributed by atoms with E-state index in [-0.39, 0.29) is 5.91 Å². The molecule has 1 aliphatic heterocycles. The first-order valence-corrected chi connectivity index (χ1v) is 11.2. The normalized spacial score (nSPS) is 15.8. The third-order valence-corrected chi connectivity index (χ3v) is 6.08. The van der Waals surface area contributed by atoms with Crippen molar-refractivity contribution in [1.29, 1.82) is 0 Å². The van der Waals surface area contributed by atoms with Crippen LogP contribution in [-0.2, 0) is 6.54 Å². The van der Waals surface area contributed by atoms with Gasteiger partial charge in [0.15, 0.2) is 0 Å². The second-order valence-corrected chi connectivity index (χ2v) is 9.15. The lowest BCUT2D eigenvalue weighted by molar-refractivity contribution is 0.102. The van der Waals surface area contributed by atoms with Crippen molar-refractivity contribution in [3.63, 3.8) is 0 Å². The van der Waals surface area contributed by atoms with Gasteiger partial charge in [-0.2, -0.15) is 0 Å². The van der Waals surface area contributed by atoms with Crippen molar-refractivity contribution >= 4 is 38.6 Å². The van der Waals surface area contributed by atoms with Crippen molar-refractivity contribution in [2.75, 3.05) is 38.5 Å². The monoisotopic (exact) mass is 469 g/mol. The number of amides is 1. The quantitative estimate of drug-likeness (QED) is 0.602. The van der Waals surface area contributed by atoms with Gasteiger partial charge in [0.25, 0.3) is 5.91 Å². The van der Waals surface area contributed by atoms with E-state index >= 15 is 0 Å². The predicted molar refractivity (Wildman–Crippen MR) is 125 cm³/mol. The summed E-state index contributed by atoms with van der Waals surface area (Å²) >= 11 is 3.42. The molecule has 7 heteroatoms. The van der Waals surface area contributed by atoms with Gasteiger partial charge in [-0.3, -0.25) is 9.69 Å². The van der Waals surface area contributed by atoms with Crippen LogP contribution in [0, 0.1) is 0 Å². The van der Waals surface area contributed by atoms with E-state index in [4.69, 9.17) is 4.98 Å². The Kier molecular flexibility index (Phi) is 6.22. The number of imidazole rings is 1. The summed E-state index contributed by atoms with van der Waals surface area (Å²) in [4.78, 5) is 22.4. The van der Waals surface area contributed by atoms with E-state index < -0.39 is 0 Å². The van der Waals surface area contributed by atoms with Crippen LogP contribution in [-0.4, -0.2) is 58.5 Å². The van der Waals surface area contributed by atoms with E-state index in [0.717, 1.165) is 59.7 Å². The largest absolute Gasteiger partial charge is 0.324 e. The fraction of sp³-hybridized carbons (Fsp3) is 0.391. The lowest BCUT2D eigenvalue weighted by Gasteiger charge is -2.32. The number of carbonyl (C=O) groups is 1. The summed E-state index contributed by atoms with van der Waals surface area (Å²) in [5.74, 6) is 0.955. The van der Waals surface area contributed by atoms with E-state index in [1.165, 1.54) is 0 Å². The number of aromatic nitrogens is 2. The Hall–Kier alpha value is -2.22. The Morgan fingerprint density at radius 3 is 2.60 bits per heavy atom. The zero-order chi connectivity index (χ0) is 21.3. The first-order valence-electron chi connectivity index (χ1n) is 10.4. The molecule has 1 aliphatic rings. The summed E-state index contributed by atoms with van der Waals surface area (Å²) in [6.45, 7) is 9.54. The highest BCUT2D eigenvalue weighted by Gasteiger charge is 2.19. The number of nitrogens with zero attached hydrogens (tertiary/aromatic N) is 4. The van der Waals surface area contributed by atoms with Gasteiger partial charge in [0.1, 0.15) is 5.82 Å². The number of hydrogen-bond donors (Lipinski definition) is 1. The smallest absolute Gasteiger partial charge is 0.255 e. The zero-order valence-electron chi connectivity index (χ0n) is 17.7. The first kappa shape index (κ1) is 21.0. The SMILES string of the molecule is CC(C)n1c(CN2CCN(C)CC2)nc2cc(NC(=O)c3cccc(Br)c3)ccc21. The van der Waals surface area contributed by atoms with Gasteiger partial charge in [-0.25, -0.2) is 4.98 Å². The highest BCUT2D eigenvalue weighted by atomic mass is 79.9. The Morgan fingerprint density at radius 2 is 1.90 bits per heavy atom. The van der Waals surface area contributed by atoms with Gasteiger partial charge in [0, 0.05) is 47.9 Å². The zero-order valence-corrected chi connectivity index (χ0v) is 19.3. The molecule has 0 saturated carbocycles. The molecule has 0 spiro atoms. The summed E-state index contributed by atoms with van der Waals surface area (Å²) < 4.78 is 3.20. The van der Waals surface area contributed by atoms with Crippen molar-refractivity contribution in [2.24, 2.45) is 0 Å². The Balaban J connectivity index is 1.58. The van der Waals surface area contributed by atoms with Gasteiger partial charge in [-0.1, -0.05) is 22.0 Å². The molecule has 0 bridgehead atoms. The fourth-order valence-corrected chi connectivity index (χ4v) is 4.35. The molecule has 1 amide bonds. The van der Waals surface area contributed by atoms with Crippen LogP contribution in [0.5, 0.6) is 0 Å². The third-order valence-electron chi connectivity index (χ3n) is 5.58. The highest BCUT2D eigenvalue weighted by Crippen LogP contribution is 2.25. The van der Waals surface area contributed by atoms with Gasteiger partial charge < -0.3 is 14.8 Å².